The van der Waals surface area contributed by atoms with Crippen molar-refractivity contribution >= 4 is 34.0 Å². The quantitative estimate of drug-likeness (QED) is 0.672. The SMILES string of the molecule is [C-]#[N+]c1cnc(N2CCOCC2)c(C(=O)Nc2ccc3[nH]c(=O)cc(C)c3c2)c1. The van der Waals surface area contributed by atoms with E-state index in [-0.39, 0.29) is 11.5 Å². The number of H-pyrrole nitrogens is 1. The Kier molecular flexibility index (Phi) is 4.97. The number of pyridine rings is 2. The van der Waals surface area contributed by atoms with E-state index in [0.717, 1.165) is 10.9 Å². The number of carbonyl (C=O) groups excluding carboxylic acids is 1. The smallest absolute Gasteiger partial charge is 0.258 e. The number of hydrogen-bond acceptors (Lipinski definition) is 5. The molecule has 3 heterocycles. The molecular formula is C21H19N5O3. The second-order valence-electron chi connectivity index (χ2n) is 6.81. The molecule has 1 fully saturated rings. The molecule has 29 heavy (non-hydrogen) atoms. The molecule has 2 aromatic heterocycles. The number of fused-ring (bicyclic) bond motifs is 1. The first kappa shape index (κ1) is 18.7. The number of hydrogen-bond donors (Lipinski definition) is 2. The van der Waals surface area contributed by atoms with Crippen molar-refractivity contribution in [2.75, 3.05) is 36.5 Å². The lowest BCUT2D eigenvalue weighted by Gasteiger charge is -2.29. The zero-order chi connectivity index (χ0) is 20.4. The van der Waals surface area contributed by atoms with Crippen LogP contribution in [0, 0.1) is 13.5 Å². The van der Waals surface area contributed by atoms with E-state index in [1.54, 1.807) is 18.2 Å². The number of nitrogens with zero attached hydrogens (tertiary/aromatic N) is 3. The molecule has 1 aromatic carbocycles. The summed E-state index contributed by atoms with van der Waals surface area (Å²) < 4.78 is 5.38. The van der Waals surface area contributed by atoms with Gasteiger partial charge in [0.25, 0.3) is 5.91 Å². The van der Waals surface area contributed by atoms with Gasteiger partial charge in [-0.15, -0.1) is 0 Å². The normalized spacial score (nSPS) is 13.9. The van der Waals surface area contributed by atoms with Gasteiger partial charge < -0.3 is 19.9 Å². The Hall–Kier alpha value is -3.70. The van der Waals surface area contributed by atoms with Gasteiger partial charge in [0.15, 0.2) is 0 Å². The van der Waals surface area contributed by atoms with Crippen LogP contribution < -0.4 is 15.8 Å². The first-order chi connectivity index (χ1) is 14.0. The van der Waals surface area contributed by atoms with Crippen LogP contribution in [-0.4, -0.2) is 42.2 Å². The topological polar surface area (TPSA) is 91.7 Å². The van der Waals surface area contributed by atoms with Gasteiger partial charge in [0.2, 0.25) is 11.2 Å². The highest BCUT2D eigenvalue weighted by Gasteiger charge is 2.21. The summed E-state index contributed by atoms with van der Waals surface area (Å²) in [6, 6.07) is 8.39. The molecule has 0 bridgehead atoms. The van der Waals surface area contributed by atoms with E-state index in [2.05, 4.69) is 20.1 Å². The lowest BCUT2D eigenvalue weighted by molar-refractivity contribution is 0.102. The molecule has 0 radical (unpaired) electrons. The molecule has 1 aliphatic heterocycles. The third kappa shape index (κ3) is 3.81. The predicted octanol–water partition coefficient (Wildman–Crippen LogP) is 2.87. The lowest BCUT2D eigenvalue weighted by Crippen LogP contribution is -2.38. The fraction of sp³-hybridized carbons (Fsp3) is 0.238. The zero-order valence-corrected chi connectivity index (χ0v) is 15.9. The monoisotopic (exact) mass is 389 g/mol. The van der Waals surface area contributed by atoms with Crippen LogP contribution in [0.4, 0.5) is 17.2 Å². The number of anilines is 2. The molecule has 0 unspecified atom stereocenters. The fourth-order valence-corrected chi connectivity index (χ4v) is 3.40. The first-order valence-corrected chi connectivity index (χ1v) is 9.20. The van der Waals surface area contributed by atoms with Crippen LogP contribution in [0.25, 0.3) is 15.7 Å². The summed E-state index contributed by atoms with van der Waals surface area (Å²) in [5, 5.41) is 3.74. The minimum Gasteiger partial charge on any atom is -0.378 e. The van der Waals surface area contributed by atoms with Gasteiger partial charge in [-0.25, -0.2) is 4.85 Å². The molecule has 8 nitrogen and oxygen atoms in total. The van der Waals surface area contributed by atoms with Crippen molar-refractivity contribution < 1.29 is 9.53 Å². The van der Waals surface area contributed by atoms with Gasteiger partial charge in [0.05, 0.1) is 25.3 Å². The van der Waals surface area contributed by atoms with Gasteiger partial charge in [0.1, 0.15) is 5.82 Å². The summed E-state index contributed by atoms with van der Waals surface area (Å²) in [7, 11) is 0. The molecule has 0 saturated carbocycles. The standard InChI is InChI=1S/C21H19N5O3/c1-13-9-19(27)25-18-4-3-14(10-16(13)18)24-21(28)17-11-15(22-2)12-23-20(17)26-5-7-29-8-6-26/h3-4,9-12H,5-8H2,1H3,(H,24,28)(H,25,27). The molecule has 1 amide bonds. The molecular weight excluding hydrogens is 370 g/mol. The molecule has 8 heteroatoms. The third-order valence-corrected chi connectivity index (χ3v) is 4.84. The third-order valence-electron chi connectivity index (χ3n) is 4.84. The van der Waals surface area contributed by atoms with Gasteiger partial charge in [0, 0.05) is 41.9 Å². The lowest BCUT2D eigenvalue weighted by atomic mass is 10.1. The van der Waals surface area contributed by atoms with Gasteiger partial charge in [-0.3, -0.25) is 14.6 Å². The van der Waals surface area contributed by atoms with Crippen molar-refractivity contribution in [3.63, 3.8) is 0 Å². The van der Waals surface area contributed by atoms with E-state index >= 15 is 0 Å². The number of nitrogens with one attached hydrogen (secondary N) is 2. The van der Waals surface area contributed by atoms with Crippen LogP contribution in [0.1, 0.15) is 15.9 Å². The van der Waals surface area contributed by atoms with Crippen LogP contribution in [0.3, 0.4) is 0 Å². The van der Waals surface area contributed by atoms with E-state index in [0.29, 0.717) is 54.6 Å². The van der Waals surface area contributed by atoms with Crippen LogP contribution in [0.15, 0.2) is 41.3 Å². The minimum absolute atomic E-state index is 0.163. The van der Waals surface area contributed by atoms with E-state index < -0.39 is 0 Å². The van der Waals surface area contributed by atoms with E-state index in [4.69, 9.17) is 11.3 Å². The average molecular weight is 389 g/mol. The molecule has 146 valence electrons. The van der Waals surface area contributed by atoms with Crippen LogP contribution in [-0.2, 0) is 4.74 Å². The predicted molar refractivity (Wildman–Crippen MR) is 111 cm³/mol. The number of benzene rings is 1. The van der Waals surface area contributed by atoms with E-state index in [1.165, 1.54) is 12.3 Å². The summed E-state index contributed by atoms with van der Waals surface area (Å²) in [6.45, 7) is 11.5. The van der Waals surface area contributed by atoms with Crippen molar-refractivity contribution in [3.05, 3.63) is 69.4 Å². The Morgan fingerprint density at radius 1 is 1.28 bits per heavy atom. The largest absolute Gasteiger partial charge is 0.378 e. The second kappa shape index (κ2) is 7.73. The highest BCUT2D eigenvalue weighted by atomic mass is 16.5. The van der Waals surface area contributed by atoms with Gasteiger partial charge in [-0.05, 0) is 36.8 Å². The number of morpholine rings is 1. The number of aromatic nitrogens is 2. The Balaban J connectivity index is 1.68. The van der Waals surface area contributed by atoms with Crippen LogP contribution >= 0.6 is 0 Å². The van der Waals surface area contributed by atoms with Gasteiger partial charge >= 0.3 is 0 Å². The number of rotatable bonds is 3. The highest BCUT2D eigenvalue weighted by molar-refractivity contribution is 6.08. The van der Waals surface area contributed by atoms with E-state index in [1.807, 2.05) is 17.9 Å². The summed E-state index contributed by atoms with van der Waals surface area (Å²) in [4.78, 5) is 37.2. The van der Waals surface area contributed by atoms with Gasteiger partial charge in [-0.1, -0.05) is 0 Å². The van der Waals surface area contributed by atoms with Crippen molar-refractivity contribution in [3.8, 4) is 0 Å². The molecule has 0 spiro atoms. The van der Waals surface area contributed by atoms with Crippen LogP contribution in [0.5, 0.6) is 0 Å². The number of ether oxygens (including phenoxy) is 1. The summed E-state index contributed by atoms with van der Waals surface area (Å²) >= 11 is 0. The molecule has 3 aromatic rings. The summed E-state index contributed by atoms with van der Waals surface area (Å²) in [5.74, 6) is 0.199. The molecule has 4 rings (SSSR count). The highest BCUT2D eigenvalue weighted by Crippen LogP contribution is 2.26. The Morgan fingerprint density at radius 3 is 2.83 bits per heavy atom. The van der Waals surface area contributed by atoms with Crippen molar-refractivity contribution in [1.29, 1.82) is 0 Å². The number of aromatic amines is 1. The summed E-state index contributed by atoms with van der Waals surface area (Å²) in [5.41, 5.74) is 2.62. The number of carbonyl (C=O) groups is 1. The number of aryl methyl sites for hydroxylation is 1. The van der Waals surface area contributed by atoms with Crippen molar-refractivity contribution in [2.45, 2.75) is 6.92 Å². The maximum Gasteiger partial charge on any atom is 0.258 e. The Bertz CT molecular complexity index is 1190. The fourth-order valence-electron chi connectivity index (χ4n) is 3.40. The van der Waals surface area contributed by atoms with E-state index in [9.17, 15) is 9.59 Å². The number of amides is 1. The summed E-state index contributed by atoms with van der Waals surface area (Å²) in [6.07, 6.45) is 1.48. The van der Waals surface area contributed by atoms with Gasteiger partial charge in [-0.2, -0.15) is 0 Å². The Labute approximate surface area is 167 Å². The molecule has 0 aliphatic carbocycles. The average Bonchev–Trinajstić information content (AvgIpc) is 2.74. The maximum atomic E-state index is 13.1. The van der Waals surface area contributed by atoms with Crippen LogP contribution in [0.2, 0.25) is 0 Å². The minimum atomic E-state index is -0.342. The Morgan fingerprint density at radius 2 is 2.07 bits per heavy atom. The molecule has 1 saturated heterocycles. The molecule has 0 atom stereocenters. The first-order valence-electron chi connectivity index (χ1n) is 9.20. The van der Waals surface area contributed by atoms with Crippen molar-refractivity contribution in [2.24, 2.45) is 0 Å². The maximum absolute atomic E-state index is 13.1. The molecule has 1 aliphatic rings. The zero-order valence-electron chi connectivity index (χ0n) is 15.9. The second-order valence-corrected chi connectivity index (χ2v) is 6.81. The van der Waals surface area contributed by atoms with Crippen molar-refractivity contribution in [1.82, 2.24) is 9.97 Å². The molecule has 2 N–H and O–H groups in total.